The van der Waals surface area contributed by atoms with E-state index in [9.17, 15) is 0 Å². The van der Waals surface area contributed by atoms with E-state index in [2.05, 4.69) is 19.5 Å². The van der Waals surface area contributed by atoms with Gasteiger partial charge in [-0.2, -0.15) is 0 Å². The minimum Gasteiger partial charge on any atom is -0.749 e. The van der Waals surface area contributed by atoms with E-state index in [4.69, 9.17) is 8.76 Å². The van der Waals surface area contributed by atoms with Crippen molar-refractivity contribution in [1.29, 1.82) is 0 Å². The second-order valence-electron chi connectivity index (χ2n) is 0.267. The molecular weight excluding hydrogens is 160 g/mol. The van der Waals surface area contributed by atoms with Gasteiger partial charge in [-0.05, 0) is 0 Å². The van der Waals surface area contributed by atoms with E-state index in [1.165, 1.54) is 0 Å². The minimum atomic E-state index is -2.41. The van der Waals surface area contributed by atoms with Gasteiger partial charge in [0.15, 0.2) is 0 Å². The van der Waals surface area contributed by atoms with Gasteiger partial charge in [-0.3, -0.25) is 0 Å². The van der Waals surface area contributed by atoms with Crippen molar-refractivity contribution in [2.75, 3.05) is 0 Å². The Morgan fingerprint density at radius 3 is 2.20 bits per heavy atom. The first-order valence-electron chi connectivity index (χ1n) is 0.654. The molecule has 5 heteroatoms. The standard InChI is InChI=1S/BrHO3S/c1-4-5(2)3/h(H,2,3)/p-1. The Morgan fingerprint density at radius 2 is 2.20 bits per heavy atom. The molecule has 0 heterocycles. The topological polar surface area (TPSA) is 49.4 Å². The summed E-state index contributed by atoms with van der Waals surface area (Å²) in [7, 11) is 0. The molecule has 0 saturated carbocycles. The van der Waals surface area contributed by atoms with E-state index in [1.807, 2.05) is 0 Å². The van der Waals surface area contributed by atoms with Crippen molar-refractivity contribution < 1.29 is 12.0 Å². The highest BCUT2D eigenvalue weighted by Crippen LogP contribution is 1.83. The normalized spacial score (nSPS) is 14.8. The van der Waals surface area contributed by atoms with Crippen molar-refractivity contribution in [3.8, 4) is 0 Å². The smallest absolute Gasteiger partial charge is 0.117 e. The molecule has 0 fully saturated rings. The molecule has 0 saturated heterocycles. The fraction of sp³-hybridized carbons (Fsp3) is 0. The molecule has 5 heavy (non-hydrogen) atoms. The maximum absolute atomic E-state index is 9.10. The van der Waals surface area contributed by atoms with E-state index < -0.39 is 11.4 Å². The third-order valence-corrected chi connectivity index (χ3v) is 0.802. The Labute approximate surface area is 40.3 Å². The van der Waals surface area contributed by atoms with E-state index in [1.54, 1.807) is 0 Å². The maximum Gasteiger partial charge on any atom is 0.117 e. The van der Waals surface area contributed by atoms with Crippen LogP contribution in [0.5, 0.6) is 0 Å². The van der Waals surface area contributed by atoms with Gasteiger partial charge < -0.3 is 4.55 Å². The van der Waals surface area contributed by atoms with Gasteiger partial charge in [-0.25, -0.2) is 7.48 Å². The van der Waals surface area contributed by atoms with Crippen LogP contribution in [0.1, 0.15) is 0 Å². The summed E-state index contributed by atoms with van der Waals surface area (Å²) in [6.45, 7) is 0. The molecule has 0 radical (unpaired) electrons. The first kappa shape index (κ1) is 5.55. The third kappa shape index (κ3) is 4.55. The van der Waals surface area contributed by atoms with Gasteiger partial charge in [-0.15, -0.1) is 0 Å². The van der Waals surface area contributed by atoms with Crippen LogP contribution in [0.15, 0.2) is 0 Å². The lowest BCUT2D eigenvalue weighted by Crippen LogP contribution is -1.78. The lowest BCUT2D eigenvalue weighted by molar-refractivity contribution is 0.472. The van der Waals surface area contributed by atoms with Gasteiger partial charge in [0.25, 0.3) is 0 Å². The molecule has 0 amide bonds. The van der Waals surface area contributed by atoms with Crippen LogP contribution in [0.25, 0.3) is 0 Å². The molecule has 1 unspecified atom stereocenters. The Hall–Kier alpha value is 0.550. The average molecular weight is 160 g/mol. The van der Waals surface area contributed by atoms with Crippen LogP contribution in [0.2, 0.25) is 0 Å². The van der Waals surface area contributed by atoms with Crippen LogP contribution >= 0.6 is 16.3 Å². The summed E-state index contributed by atoms with van der Waals surface area (Å²) in [5, 5.41) is 0. The predicted molar refractivity (Wildman–Crippen MR) is 18.9 cm³/mol. The molecule has 0 aliphatic rings. The van der Waals surface area contributed by atoms with Gasteiger partial charge in [-0.1, -0.05) is 0 Å². The molecule has 0 bridgehead atoms. The summed E-state index contributed by atoms with van der Waals surface area (Å²) in [5.74, 6) is 0. The fourth-order valence-corrected chi connectivity index (χ4v) is 0. The van der Waals surface area contributed by atoms with Crippen LogP contribution in [0, 0.1) is 0 Å². The quantitative estimate of drug-likeness (QED) is 0.511. The Morgan fingerprint density at radius 1 is 2.00 bits per heavy atom. The largest absolute Gasteiger partial charge is 0.749 e. The number of hydrogen-bond acceptors (Lipinski definition) is 3. The Kier molecular flexibility index (Phi) is 3.07. The van der Waals surface area contributed by atoms with Crippen molar-refractivity contribution in [2.24, 2.45) is 0 Å². The molecule has 0 spiro atoms. The maximum atomic E-state index is 9.10. The highest BCUT2D eigenvalue weighted by atomic mass is 79.9. The molecule has 0 N–H and O–H groups in total. The highest BCUT2D eigenvalue weighted by Gasteiger charge is 1.63. The zero-order chi connectivity index (χ0) is 4.28. The van der Waals surface area contributed by atoms with Crippen molar-refractivity contribution >= 4 is 27.6 Å². The SMILES string of the molecule is O=S([O-])OBr. The summed E-state index contributed by atoms with van der Waals surface area (Å²) >= 11 is -0.205. The van der Waals surface area contributed by atoms with Gasteiger partial charge in [0.2, 0.25) is 0 Å². The number of halogens is 1. The fourth-order valence-electron chi connectivity index (χ4n) is 0. The van der Waals surface area contributed by atoms with E-state index in [0.29, 0.717) is 0 Å². The first-order valence-corrected chi connectivity index (χ1v) is 2.30. The van der Waals surface area contributed by atoms with E-state index in [0.717, 1.165) is 0 Å². The van der Waals surface area contributed by atoms with E-state index in [-0.39, 0.29) is 0 Å². The van der Waals surface area contributed by atoms with Crippen molar-refractivity contribution in [1.82, 2.24) is 0 Å². The van der Waals surface area contributed by atoms with Gasteiger partial charge in [0.05, 0.1) is 11.4 Å². The number of hydrogen-bond donors (Lipinski definition) is 0. The monoisotopic (exact) mass is 159 g/mol. The van der Waals surface area contributed by atoms with Gasteiger partial charge in [0.1, 0.15) is 16.3 Å². The Balaban J connectivity index is 2.85. The molecule has 1 atom stereocenters. The van der Waals surface area contributed by atoms with Crippen LogP contribution in [0.4, 0.5) is 0 Å². The third-order valence-electron chi connectivity index (χ3n) is 0.0514. The molecule has 0 aliphatic heterocycles. The van der Waals surface area contributed by atoms with Crippen LogP contribution < -0.4 is 0 Å². The van der Waals surface area contributed by atoms with Crippen LogP contribution in [0.3, 0.4) is 0 Å². The summed E-state index contributed by atoms with van der Waals surface area (Å²) in [4.78, 5) is 0. The van der Waals surface area contributed by atoms with Crippen molar-refractivity contribution in [3.05, 3.63) is 0 Å². The number of rotatable bonds is 1. The minimum absolute atomic E-state index is 2.20. The zero-order valence-corrected chi connectivity index (χ0v) is 4.41. The average Bonchev–Trinajstić information content (AvgIpc) is 1.38. The van der Waals surface area contributed by atoms with E-state index >= 15 is 0 Å². The molecule has 0 rings (SSSR count). The Bertz CT molecular complexity index is 42.2. The van der Waals surface area contributed by atoms with Gasteiger partial charge in [0, 0.05) is 0 Å². The van der Waals surface area contributed by atoms with Crippen molar-refractivity contribution in [2.45, 2.75) is 0 Å². The summed E-state index contributed by atoms with van der Waals surface area (Å²) in [6.07, 6.45) is 0. The molecule has 0 aromatic heterocycles. The first-order chi connectivity index (χ1) is 2.27. The highest BCUT2D eigenvalue weighted by molar-refractivity contribution is 9.06. The lowest BCUT2D eigenvalue weighted by Gasteiger charge is -1.91. The predicted octanol–water partition coefficient (Wildman–Crippen LogP) is 0.107. The van der Waals surface area contributed by atoms with Crippen molar-refractivity contribution in [3.63, 3.8) is 0 Å². The van der Waals surface area contributed by atoms with Crippen LogP contribution in [-0.4, -0.2) is 8.76 Å². The lowest BCUT2D eigenvalue weighted by atomic mass is 15.8. The summed E-state index contributed by atoms with van der Waals surface area (Å²) < 4.78 is 21.7. The zero-order valence-electron chi connectivity index (χ0n) is 2.01. The molecule has 0 aromatic rings. The molecular formula is BrO3S-. The second kappa shape index (κ2) is 2.77. The summed E-state index contributed by atoms with van der Waals surface area (Å²) in [6, 6.07) is 0. The molecule has 0 aromatic carbocycles. The molecule has 0 aliphatic carbocycles. The second-order valence-corrected chi connectivity index (χ2v) is 1.59. The van der Waals surface area contributed by atoms with Gasteiger partial charge >= 0.3 is 0 Å². The molecule has 32 valence electrons. The van der Waals surface area contributed by atoms with Crippen LogP contribution in [-0.2, 0) is 14.6 Å². The summed E-state index contributed by atoms with van der Waals surface area (Å²) in [5.41, 5.74) is 0. The molecule has 3 nitrogen and oxygen atoms in total.